The number of carbonyl (C=O) groups excluding carboxylic acids is 1. The molecule has 3 aromatic rings. The molecule has 33 heavy (non-hydrogen) atoms. The summed E-state index contributed by atoms with van der Waals surface area (Å²) in [6.45, 7) is 1.58. The molecular weight excluding hydrogens is 429 g/mol. The Hall–Kier alpha value is -4.52. The number of nitriles is 1. The van der Waals surface area contributed by atoms with E-state index in [9.17, 15) is 24.6 Å². The van der Waals surface area contributed by atoms with Crippen molar-refractivity contribution in [3.63, 3.8) is 0 Å². The Morgan fingerprint density at radius 3 is 2.61 bits per heavy atom. The van der Waals surface area contributed by atoms with Gasteiger partial charge in [-0.25, -0.2) is 4.39 Å². The SMILES string of the molecule is N#Cc1nc(/C=C/c2cccc([N+](=O)[O-])c2)oc1N1CCN(C(=O)c2cccc(F)c2)CC1. The van der Waals surface area contributed by atoms with Crippen molar-refractivity contribution in [1.82, 2.24) is 9.88 Å². The number of hydrogen-bond acceptors (Lipinski definition) is 7. The van der Waals surface area contributed by atoms with E-state index in [0.29, 0.717) is 37.6 Å². The van der Waals surface area contributed by atoms with Gasteiger partial charge in [-0.1, -0.05) is 18.2 Å². The van der Waals surface area contributed by atoms with Crippen LogP contribution in [0.15, 0.2) is 52.9 Å². The molecule has 1 saturated heterocycles. The van der Waals surface area contributed by atoms with Crippen molar-refractivity contribution in [2.45, 2.75) is 0 Å². The number of nitro benzene ring substituents is 1. The Labute approximate surface area is 188 Å². The van der Waals surface area contributed by atoms with Crippen LogP contribution in [0.4, 0.5) is 16.0 Å². The molecule has 2 heterocycles. The number of amides is 1. The fourth-order valence-corrected chi connectivity index (χ4v) is 3.51. The molecule has 0 bridgehead atoms. The van der Waals surface area contributed by atoms with Crippen LogP contribution in [0.1, 0.15) is 27.5 Å². The van der Waals surface area contributed by atoms with E-state index in [1.54, 1.807) is 29.2 Å². The molecule has 2 aromatic carbocycles. The molecule has 166 valence electrons. The van der Waals surface area contributed by atoms with Crippen LogP contribution >= 0.6 is 0 Å². The Kier molecular flexibility index (Phi) is 6.13. The lowest BCUT2D eigenvalue weighted by Gasteiger charge is -2.34. The van der Waals surface area contributed by atoms with Gasteiger partial charge in [0.25, 0.3) is 11.6 Å². The molecule has 1 amide bonds. The van der Waals surface area contributed by atoms with E-state index < -0.39 is 10.7 Å². The van der Waals surface area contributed by atoms with Crippen LogP contribution < -0.4 is 4.90 Å². The zero-order chi connectivity index (χ0) is 23.4. The van der Waals surface area contributed by atoms with Crippen LogP contribution in [0, 0.1) is 27.3 Å². The number of rotatable bonds is 5. The van der Waals surface area contributed by atoms with Gasteiger partial charge in [0, 0.05) is 50.0 Å². The van der Waals surface area contributed by atoms with Crippen LogP contribution in [0.25, 0.3) is 12.2 Å². The fraction of sp³-hybridized carbons (Fsp3) is 0.174. The minimum Gasteiger partial charge on any atom is -0.420 e. The highest BCUT2D eigenvalue weighted by Crippen LogP contribution is 2.25. The molecule has 1 aliphatic rings. The van der Waals surface area contributed by atoms with Gasteiger partial charge in [-0.3, -0.25) is 14.9 Å². The summed E-state index contributed by atoms with van der Waals surface area (Å²) in [6.07, 6.45) is 3.15. The van der Waals surface area contributed by atoms with E-state index in [4.69, 9.17) is 4.42 Å². The highest BCUT2D eigenvalue weighted by molar-refractivity contribution is 5.94. The lowest BCUT2D eigenvalue weighted by Crippen LogP contribution is -2.48. The molecule has 0 radical (unpaired) electrons. The Bertz CT molecular complexity index is 1270. The number of hydrogen-bond donors (Lipinski definition) is 0. The maximum atomic E-state index is 13.4. The van der Waals surface area contributed by atoms with E-state index in [1.165, 1.54) is 36.4 Å². The fourth-order valence-electron chi connectivity index (χ4n) is 3.51. The number of aromatic nitrogens is 1. The van der Waals surface area contributed by atoms with E-state index in [2.05, 4.69) is 4.98 Å². The predicted octanol–water partition coefficient (Wildman–Crippen LogP) is 3.73. The summed E-state index contributed by atoms with van der Waals surface area (Å²) in [5, 5.41) is 20.4. The van der Waals surface area contributed by atoms with E-state index >= 15 is 0 Å². The molecule has 0 atom stereocenters. The summed E-state index contributed by atoms with van der Waals surface area (Å²) in [5.41, 5.74) is 0.952. The molecule has 0 unspecified atom stereocenters. The van der Waals surface area contributed by atoms with Crippen LogP contribution in [0.2, 0.25) is 0 Å². The zero-order valence-corrected chi connectivity index (χ0v) is 17.3. The van der Waals surface area contributed by atoms with Crippen molar-refractivity contribution < 1.29 is 18.5 Å². The average Bonchev–Trinajstić information content (AvgIpc) is 3.26. The van der Waals surface area contributed by atoms with Crippen molar-refractivity contribution in [3.05, 3.63) is 87.2 Å². The van der Waals surface area contributed by atoms with Crippen molar-refractivity contribution in [2.75, 3.05) is 31.1 Å². The number of anilines is 1. The summed E-state index contributed by atoms with van der Waals surface area (Å²) in [4.78, 5) is 30.7. The molecule has 1 fully saturated rings. The summed E-state index contributed by atoms with van der Waals surface area (Å²) < 4.78 is 19.2. The number of nitro groups is 1. The number of nitrogens with zero attached hydrogens (tertiary/aromatic N) is 5. The van der Waals surface area contributed by atoms with E-state index in [0.717, 1.165) is 0 Å². The minimum absolute atomic E-state index is 0.0337. The smallest absolute Gasteiger partial charge is 0.270 e. The second kappa shape index (κ2) is 9.32. The monoisotopic (exact) mass is 447 g/mol. The second-order valence-electron chi connectivity index (χ2n) is 7.29. The van der Waals surface area contributed by atoms with Crippen LogP contribution in [-0.2, 0) is 0 Å². The van der Waals surface area contributed by atoms with Crippen LogP contribution in [0.5, 0.6) is 0 Å². The first kappa shape index (κ1) is 21.7. The highest BCUT2D eigenvalue weighted by atomic mass is 19.1. The van der Waals surface area contributed by atoms with Gasteiger partial charge in [0.2, 0.25) is 17.5 Å². The molecule has 0 N–H and O–H groups in total. The Balaban J connectivity index is 1.45. The van der Waals surface area contributed by atoms with Gasteiger partial charge >= 0.3 is 0 Å². The summed E-state index contributed by atoms with van der Waals surface area (Å²) in [7, 11) is 0. The molecule has 1 aromatic heterocycles. The third-order valence-corrected chi connectivity index (χ3v) is 5.16. The number of benzene rings is 2. The predicted molar refractivity (Wildman–Crippen MR) is 118 cm³/mol. The summed E-state index contributed by atoms with van der Waals surface area (Å²) >= 11 is 0. The maximum Gasteiger partial charge on any atom is 0.270 e. The van der Waals surface area contributed by atoms with Gasteiger partial charge in [0.1, 0.15) is 11.9 Å². The molecular formula is C23H18FN5O4. The zero-order valence-electron chi connectivity index (χ0n) is 17.3. The number of oxazole rings is 1. The van der Waals surface area contributed by atoms with Gasteiger partial charge in [-0.2, -0.15) is 10.2 Å². The number of carbonyl (C=O) groups is 1. The maximum absolute atomic E-state index is 13.4. The van der Waals surface area contributed by atoms with Crippen LogP contribution in [0.3, 0.4) is 0 Å². The Morgan fingerprint density at radius 2 is 1.91 bits per heavy atom. The second-order valence-corrected chi connectivity index (χ2v) is 7.29. The first-order chi connectivity index (χ1) is 15.9. The van der Waals surface area contributed by atoms with E-state index in [1.807, 2.05) is 11.0 Å². The molecule has 10 heteroatoms. The van der Waals surface area contributed by atoms with Crippen molar-refractivity contribution in [2.24, 2.45) is 0 Å². The summed E-state index contributed by atoms with van der Waals surface area (Å²) in [6, 6.07) is 13.7. The third kappa shape index (κ3) is 4.88. The van der Waals surface area contributed by atoms with Crippen molar-refractivity contribution in [3.8, 4) is 6.07 Å². The largest absolute Gasteiger partial charge is 0.420 e. The number of piperazine rings is 1. The quantitative estimate of drug-likeness (QED) is 0.432. The Morgan fingerprint density at radius 1 is 1.15 bits per heavy atom. The topological polar surface area (TPSA) is 117 Å². The van der Waals surface area contributed by atoms with Gasteiger partial charge in [0.15, 0.2) is 0 Å². The highest BCUT2D eigenvalue weighted by Gasteiger charge is 2.26. The van der Waals surface area contributed by atoms with E-state index in [-0.39, 0.29) is 28.7 Å². The van der Waals surface area contributed by atoms with Gasteiger partial charge in [0.05, 0.1) is 4.92 Å². The molecule has 0 saturated carbocycles. The molecule has 4 rings (SSSR count). The standard InChI is InChI=1S/C23H18FN5O4/c24-18-5-2-4-17(14-18)22(30)27-9-11-28(12-10-27)23-20(15-25)26-21(33-23)8-7-16-3-1-6-19(13-16)29(31)32/h1-8,13-14H,9-12H2/b8-7+. The first-order valence-electron chi connectivity index (χ1n) is 10.1. The third-order valence-electron chi connectivity index (χ3n) is 5.16. The molecule has 9 nitrogen and oxygen atoms in total. The van der Waals surface area contributed by atoms with Gasteiger partial charge in [-0.15, -0.1) is 0 Å². The molecule has 0 aliphatic carbocycles. The number of halogens is 1. The minimum atomic E-state index is -0.479. The first-order valence-corrected chi connectivity index (χ1v) is 10.1. The molecule has 1 aliphatic heterocycles. The lowest BCUT2D eigenvalue weighted by molar-refractivity contribution is -0.384. The van der Waals surface area contributed by atoms with Gasteiger partial charge < -0.3 is 14.2 Å². The average molecular weight is 447 g/mol. The van der Waals surface area contributed by atoms with Crippen molar-refractivity contribution in [1.29, 1.82) is 5.26 Å². The van der Waals surface area contributed by atoms with Gasteiger partial charge in [-0.05, 0) is 29.8 Å². The summed E-state index contributed by atoms with van der Waals surface area (Å²) in [5.74, 6) is -0.237. The number of non-ortho nitro benzene ring substituents is 1. The van der Waals surface area contributed by atoms with Crippen LogP contribution in [-0.4, -0.2) is 46.9 Å². The molecule has 0 spiro atoms. The van der Waals surface area contributed by atoms with Crippen molar-refractivity contribution >= 4 is 29.6 Å². The normalized spacial score (nSPS) is 13.8. The lowest BCUT2D eigenvalue weighted by atomic mass is 10.1.